The molecule has 1 spiro atoms. The lowest BCUT2D eigenvalue weighted by atomic mass is 9.73. The van der Waals surface area contributed by atoms with Gasteiger partial charge in [-0.15, -0.1) is 0 Å². The highest BCUT2D eigenvalue weighted by Crippen LogP contribution is 2.46. The number of nitrogens with zero attached hydrogens (tertiary/aromatic N) is 1. The van der Waals surface area contributed by atoms with Crippen LogP contribution in [0.1, 0.15) is 49.7 Å². The fourth-order valence-electron chi connectivity index (χ4n) is 3.89. The number of hydrogen-bond acceptors (Lipinski definition) is 2. The quantitative estimate of drug-likeness (QED) is 0.794. The summed E-state index contributed by atoms with van der Waals surface area (Å²) in [5.74, 6) is 0.337. The predicted octanol–water partition coefficient (Wildman–Crippen LogP) is 3.57. The number of nitrogen functional groups attached to an aromatic ring is 1. The zero-order valence-corrected chi connectivity index (χ0v) is 12.5. The van der Waals surface area contributed by atoms with Gasteiger partial charge in [-0.05, 0) is 50.3 Å². The van der Waals surface area contributed by atoms with Crippen LogP contribution in [0, 0.1) is 19.3 Å². The van der Waals surface area contributed by atoms with E-state index in [1.165, 1.54) is 19.3 Å². The number of anilines is 2. The molecule has 2 fully saturated rings. The second-order valence-electron chi connectivity index (χ2n) is 6.54. The Morgan fingerprint density at radius 1 is 1.05 bits per heavy atom. The van der Waals surface area contributed by atoms with Crippen LogP contribution in [-0.4, -0.2) is 12.5 Å². The van der Waals surface area contributed by atoms with Gasteiger partial charge in [0.2, 0.25) is 5.91 Å². The lowest BCUT2D eigenvalue weighted by molar-refractivity contribution is -0.127. The second kappa shape index (κ2) is 4.80. The molecule has 0 bridgehead atoms. The largest absolute Gasteiger partial charge is 0.398 e. The van der Waals surface area contributed by atoms with Gasteiger partial charge in [0.1, 0.15) is 0 Å². The first kappa shape index (κ1) is 13.5. The van der Waals surface area contributed by atoms with Gasteiger partial charge in [-0.25, -0.2) is 0 Å². The van der Waals surface area contributed by atoms with Crippen LogP contribution in [0.25, 0.3) is 0 Å². The number of carbonyl (C=O) groups excluding carboxylic acids is 1. The fourth-order valence-corrected chi connectivity index (χ4v) is 3.89. The summed E-state index contributed by atoms with van der Waals surface area (Å²) in [7, 11) is 0. The van der Waals surface area contributed by atoms with Crippen LogP contribution in [0.3, 0.4) is 0 Å². The maximum absolute atomic E-state index is 12.9. The van der Waals surface area contributed by atoms with E-state index in [0.717, 1.165) is 48.3 Å². The highest BCUT2D eigenvalue weighted by Gasteiger charge is 2.47. The normalized spacial score (nSPS) is 21.7. The second-order valence-corrected chi connectivity index (χ2v) is 6.54. The molecule has 1 aliphatic carbocycles. The van der Waals surface area contributed by atoms with Crippen LogP contribution >= 0.6 is 0 Å². The van der Waals surface area contributed by atoms with E-state index in [1.807, 2.05) is 17.9 Å². The molecule has 108 valence electrons. The Kier molecular flexibility index (Phi) is 3.23. The molecule has 2 N–H and O–H groups in total. The topological polar surface area (TPSA) is 46.3 Å². The molecule has 20 heavy (non-hydrogen) atoms. The summed E-state index contributed by atoms with van der Waals surface area (Å²) < 4.78 is 0. The Labute approximate surface area is 121 Å². The molecule has 0 aromatic heterocycles. The number of nitrogens with two attached hydrogens (primary N) is 1. The molecule has 3 rings (SSSR count). The van der Waals surface area contributed by atoms with Gasteiger partial charge in [0.25, 0.3) is 0 Å². The zero-order chi connectivity index (χ0) is 14.3. The Balaban J connectivity index is 1.93. The number of hydrogen-bond donors (Lipinski definition) is 1. The van der Waals surface area contributed by atoms with E-state index in [4.69, 9.17) is 5.73 Å². The van der Waals surface area contributed by atoms with Gasteiger partial charge in [0, 0.05) is 17.9 Å². The first-order valence-corrected chi connectivity index (χ1v) is 7.72. The minimum atomic E-state index is -0.0651. The van der Waals surface area contributed by atoms with Crippen LogP contribution in [0.2, 0.25) is 0 Å². The molecule has 3 heteroatoms. The smallest absolute Gasteiger partial charge is 0.233 e. The minimum absolute atomic E-state index is 0.0651. The van der Waals surface area contributed by atoms with Crippen molar-refractivity contribution in [1.29, 1.82) is 0 Å². The molecule has 1 saturated heterocycles. The van der Waals surface area contributed by atoms with Crippen molar-refractivity contribution in [3.8, 4) is 0 Å². The van der Waals surface area contributed by atoms with Crippen LogP contribution in [0.5, 0.6) is 0 Å². The lowest BCUT2D eigenvalue weighted by Crippen LogP contribution is -2.36. The Morgan fingerprint density at radius 3 is 2.45 bits per heavy atom. The molecule has 1 aromatic rings. The standard InChI is InChI=1S/C17H24N2O/c1-12-10-13(2)15(11-14(12)18)19-9-8-17(16(19)20)6-4-3-5-7-17/h10-11H,3-9,18H2,1-2H3. The highest BCUT2D eigenvalue weighted by atomic mass is 16.2. The molecule has 1 aromatic carbocycles. The Bertz CT molecular complexity index is 544. The first-order chi connectivity index (χ1) is 9.53. The zero-order valence-electron chi connectivity index (χ0n) is 12.5. The third-order valence-electron chi connectivity index (χ3n) is 5.20. The van der Waals surface area contributed by atoms with Crippen molar-refractivity contribution in [3.63, 3.8) is 0 Å². The first-order valence-electron chi connectivity index (χ1n) is 7.72. The van der Waals surface area contributed by atoms with Crippen molar-refractivity contribution in [1.82, 2.24) is 0 Å². The maximum Gasteiger partial charge on any atom is 0.233 e. The van der Waals surface area contributed by atoms with Crippen LogP contribution in [0.4, 0.5) is 11.4 Å². The molecule has 2 aliphatic rings. The molecular formula is C17H24N2O. The molecular weight excluding hydrogens is 248 g/mol. The van der Waals surface area contributed by atoms with Gasteiger partial charge in [-0.2, -0.15) is 0 Å². The average molecular weight is 272 g/mol. The van der Waals surface area contributed by atoms with E-state index < -0.39 is 0 Å². The maximum atomic E-state index is 12.9. The van der Waals surface area contributed by atoms with Crippen molar-refractivity contribution in [2.45, 2.75) is 52.4 Å². The summed E-state index contributed by atoms with van der Waals surface area (Å²) in [5.41, 5.74) is 10.0. The summed E-state index contributed by atoms with van der Waals surface area (Å²) in [6, 6.07) is 4.06. The van der Waals surface area contributed by atoms with E-state index in [9.17, 15) is 4.79 Å². The van der Waals surface area contributed by atoms with Crippen molar-refractivity contribution < 1.29 is 4.79 Å². The molecule has 0 radical (unpaired) electrons. The van der Waals surface area contributed by atoms with E-state index in [2.05, 4.69) is 13.0 Å². The molecule has 0 atom stereocenters. The lowest BCUT2D eigenvalue weighted by Gasteiger charge is -2.31. The Morgan fingerprint density at radius 2 is 1.75 bits per heavy atom. The van der Waals surface area contributed by atoms with E-state index >= 15 is 0 Å². The van der Waals surface area contributed by atoms with Crippen LogP contribution < -0.4 is 10.6 Å². The average Bonchev–Trinajstić information content (AvgIpc) is 2.73. The summed E-state index contributed by atoms with van der Waals surface area (Å²) in [6.07, 6.45) is 6.85. The summed E-state index contributed by atoms with van der Waals surface area (Å²) in [4.78, 5) is 14.9. The molecule has 1 amide bonds. The minimum Gasteiger partial charge on any atom is -0.398 e. The SMILES string of the molecule is Cc1cc(C)c(N2CCC3(CCCCC3)C2=O)cc1N. The van der Waals surface area contributed by atoms with Gasteiger partial charge >= 0.3 is 0 Å². The van der Waals surface area contributed by atoms with Gasteiger partial charge in [0.15, 0.2) is 0 Å². The summed E-state index contributed by atoms with van der Waals surface area (Å²) in [6.45, 7) is 4.93. The van der Waals surface area contributed by atoms with Crippen molar-refractivity contribution >= 4 is 17.3 Å². The van der Waals surface area contributed by atoms with E-state index in [-0.39, 0.29) is 5.41 Å². The summed E-state index contributed by atoms with van der Waals surface area (Å²) >= 11 is 0. The van der Waals surface area contributed by atoms with Crippen molar-refractivity contribution in [2.75, 3.05) is 17.2 Å². The number of carbonyl (C=O) groups is 1. The monoisotopic (exact) mass is 272 g/mol. The third kappa shape index (κ3) is 2.00. The molecule has 1 heterocycles. The van der Waals surface area contributed by atoms with Gasteiger partial charge < -0.3 is 10.6 Å². The third-order valence-corrected chi connectivity index (χ3v) is 5.20. The highest BCUT2D eigenvalue weighted by molar-refractivity contribution is 6.01. The van der Waals surface area contributed by atoms with Crippen LogP contribution in [-0.2, 0) is 4.79 Å². The van der Waals surface area contributed by atoms with Crippen molar-refractivity contribution in [2.24, 2.45) is 5.41 Å². The molecule has 1 saturated carbocycles. The Hall–Kier alpha value is -1.51. The number of aryl methyl sites for hydroxylation is 2. The van der Waals surface area contributed by atoms with Gasteiger partial charge in [-0.3, -0.25) is 4.79 Å². The fraction of sp³-hybridized carbons (Fsp3) is 0.588. The van der Waals surface area contributed by atoms with E-state index in [0.29, 0.717) is 5.91 Å². The van der Waals surface area contributed by atoms with Crippen molar-refractivity contribution in [3.05, 3.63) is 23.3 Å². The summed E-state index contributed by atoms with van der Waals surface area (Å²) in [5, 5.41) is 0. The van der Waals surface area contributed by atoms with Crippen LogP contribution in [0.15, 0.2) is 12.1 Å². The molecule has 3 nitrogen and oxygen atoms in total. The number of amides is 1. The molecule has 0 unspecified atom stereocenters. The number of benzene rings is 1. The van der Waals surface area contributed by atoms with E-state index in [1.54, 1.807) is 0 Å². The van der Waals surface area contributed by atoms with Gasteiger partial charge in [0.05, 0.1) is 5.41 Å². The molecule has 1 aliphatic heterocycles. The van der Waals surface area contributed by atoms with Gasteiger partial charge in [-0.1, -0.05) is 25.3 Å². The number of rotatable bonds is 1. The predicted molar refractivity (Wildman–Crippen MR) is 82.8 cm³/mol.